The van der Waals surface area contributed by atoms with E-state index in [2.05, 4.69) is 15.9 Å². The van der Waals surface area contributed by atoms with Crippen LogP contribution in [0.1, 0.15) is 12.0 Å². The molecule has 0 aliphatic carbocycles. The van der Waals surface area contributed by atoms with Crippen LogP contribution < -0.4 is 0 Å². The summed E-state index contributed by atoms with van der Waals surface area (Å²) >= 11 is 9.24. The van der Waals surface area contributed by atoms with E-state index < -0.39 is 5.97 Å². The van der Waals surface area contributed by atoms with E-state index in [4.69, 9.17) is 16.7 Å². The molecule has 0 amide bonds. The van der Waals surface area contributed by atoms with Crippen molar-refractivity contribution in [3.05, 3.63) is 33.3 Å². The predicted molar refractivity (Wildman–Crippen MR) is 67.7 cm³/mol. The van der Waals surface area contributed by atoms with Crippen LogP contribution in [0.3, 0.4) is 0 Å². The molecular formula is C11H13BrClNO2. The average molecular weight is 307 g/mol. The molecule has 0 aromatic heterocycles. The summed E-state index contributed by atoms with van der Waals surface area (Å²) in [5.74, 6) is -0.774. The van der Waals surface area contributed by atoms with E-state index in [0.717, 1.165) is 10.0 Å². The second kappa shape index (κ2) is 6.23. The molecule has 1 N–H and O–H groups in total. The average Bonchev–Trinajstić information content (AvgIpc) is 2.21. The smallest absolute Gasteiger partial charge is 0.304 e. The van der Waals surface area contributed by atoms with E-state index in [1.165, 1.54) is 0 Å². The maximum Gasteiger partial charge on any atom is 0.304 e. The molecule has 0 aliphatic rings. The van der Waals surface area contributed by atoms with Crippen molar-refractivity contribution in [1.82, 2.24) is 4.90 Å². The van der Waals surface area contributed by atoms with Crippen molar-refractivity contribution < 1.29 is 9.90 Å². The van der Waals surface area contributed by atoms with Gasteiger partial charge in [-0.15, -0.1) is 0 Å². The second-order valence-corrected chi connectivity index (χ2v) is 4.89. The third-order valence-electron chi connectivity index (χ3n) is 2.14. The lowest BCUT2D eigenvalue weighted by atomic mass is 10.2. The normalized spacial score (nSPS) is 10.8. The van der Waals surface area contributed by atoms with Gasteiger partial charge in [-0.05, 0) is 40.7 Å². The standard InChI is InChI=1S/C11H13BrClNO2/c1-14(5-4-11(15)16)7-8-2-3-10(13)9(12)6-8/h2-3,6H,4-5,7H2,1H3,(H,15,16). The molecule has 0 radical (unpaired) electrons. The fraction of sp³-hybridized carbons (Fsp3) is 0.364. The molecule has 0 aliphatic heterocycles. The molecule has 0 bridgehead atoms. The molecule has 5 heteroatoms. The third-order valence-corrected chi connectivity index (χ3v) is 3.36. The minimum Gasteiger partial charge on any atom is -0.481 e. The summed E-state index contributed by atoms with van der Waals surface area (Å²) in [5.41, 5.74) is 1.10. The Morgan fingerprint density at radius 2 is 2.25 bits per heavy atom. The number of hydrogen-bond acceptors (Lipinski definition) is 2. The summed E-state index contributed by atoms with van der Waals surface area (Å²) in [4.78, 5) is 12.4. The van der Waals surface area contributed by atoms with Gasteiger partial charge >= 0.3 is 5.97 Å². The molecule has 0 heterocycles. The first-order valence-electron chi connectivity index (χ1n) is 4.83. The second-order valence-electron chi connectivity index (χ2n) is 3.63. The van der Waals surface area contributed by atoms with Crippen molar-refractivity contribution in [1.29, 1.82) is 0 Å². The molecule has 16 heavy (non-hydrogen) atoms. The summed E-state index contributed by atoms with van der Waals surface area (Å²) in [7, 11) is 1.89. The van der Waals surface area contributed by atoms with Gasteiger partial charge in [-0.25, -0.2) is 0 Å². The van der Waals surface area contributed by atoms with E-state index in [1.807, 2.05) is 30.1 Å². The minimum atomic E-state index is -0.774. The van der Waals surface area contributed by atoms with E-state index in [9.17, 15) is 4.79 Å². The molecule has 0 atom stereocenters. The zero-order valence-electron chi connectivity index (χ0n) is 8.91. The lowest BCUT2D eigenvalue weighted by Crippen LogP contribution is -2.21. The maximum atomic E-state index is 10.4. The van der Waals surface area contributed by atoms with Gasteiger partial charge in [-0.2, -0.15) is 0 Å². The summed E-state index contributed by atoms with van der Waals surface area (Å²) in [5, 5.41) is 9.24. The number of nitrogens with zero attached hydrogens (tertiary/aromatic N) is 1. The lowest BCUT2D eigenvalue weighted by Gasteiger charge is -2.15. The maximum absolute atomic E-state index is 10.4. The van der Waals surface area contributed by atoms with E-state index in [1.54, 1.807) is 0 Å². The van der Waals surface area contributed by atoms with Crippen molar-refractivity contribution in [3.8, 4) is 0 Å². The van der Waals surface area contributed by atoms with Gasteiger partial charge in [0, 0.05) is 17.6 Å². The number of carbonyl (C=O) groups is 1. The number of benzene rings is 1. The Morgan fingerprint density at radius 3 is 2.81 bits per heavy atom. The Hall–Kier alpha value is -0.580. The zero-order valence-corrected chi connectivity index (χ0v) is 11.3. The van der Waals surface area contributed by atoms with Crippen LogP contribution in [0.4, 0.5) is 0 Å². The van der Waals surface area contributed by atoms with Gasteiger partial charge in [0.15, 0.2) is 0 Å². The SMILES string of the molecule is CN(CCC(=O)O)Cc1ccc(Cl)c(Br)c1. The molecule has 0 saturated heterocycles. The van der Waals surface area contributed by atoms with Crippen molar-refractivity contribution in [2.24, 2.45) is 0 Å². The topological polar surface area (TPSA) is 40.5 Å². The van der Waals surface area contributed by atoms with Crippen molar-refractivity contribution in [3.63, 3.8) is 0 Å². The van der Waals surface area contributed by atoms with Crippen LogP contribution in [-0.4, -0.2) is 29.6 Å². The molecular weight excluding hydrogens is 293 g/mol. The van der Waals surface area contributed by atoms with Crippen LogP contribution in [0.2, 0.25) is 5.02 Å². The first-order valence-corrected chi connectivity index (χ1v) is 6.00. The number of hydrogen-bond donors (Lipinski definition) is 1. The molecule has 1 aromatic carbocycles. The molecule has 1 rings (SSSR count). The number of halogens is 2. The Morgan fingerprint density at radius 1 is 1.56 bits per heavy atom. The Balaban J connectivity index is 2.52. The van der Waals surface area contributed by atoms with E-state index in [-0.39, 0.29) is 6.42 Å². The van der Waals surface area contributed by atoms with Gasteiger partial charge in [-0.3, -0.25) is 4.79 Å². The third kappa shape index (κ3) is 4.51. The number of aliphatic carboxylic acids is 1. The van der Waals surface area contributed by atoms with Crippen LogP contribution in [0.5, 0.6) is 0 Å². The van der Waals surface area contributed by atoms with Gasteiger partial charge < -0.3 is 10.0 Å². The Kier molecular flexibility index (Phi) is 5.25. The first kappa shape index (κ1) is 13.5. The van der Waals surface area contributed by atoms with E-state index in [0.29, 0.717) is 18.1 Å². The quantitative estimate of drug-likeness (QED) is 0.909. The highest BCUT2D eigenvalue weighted by Gasteiger charge is 2.05. The molecule has 0 saturated carbocycles. The van der Waals surface area contributed by atoms with Crippen molar-refractivity contribution in [2.75, 3.05) is 13.6 Å². The van der Waals surface area contributed by atoms with Gasteiger partial charge in [0.2, 0.25) is 0 Å². The molecule has 0 unspecified atom stereocenters. The van der Waals surface area contributed by atoms with Gasteiger partial charge in [0.25, 0.3) is 0 Å². The molecule has 88 valence electrons. The van der Waals surface area contributed by atoms with Crippen molar-refractivity contribution >= 4 is 33.5 Å². The van der Waals surface area contributed by atoms with Gasteiger partial charge in [-0.1, -0.05) is 17.7 Å². The van der Waals surface area contributed by atoms with Crippen LogP contribution in [0, 0.1) is 0 Å². The minimum absolute atomic E-state index is 0.158. The highest BCUT2D eigenvalue weighted by atomic mass is 79.9. The van der Waals surface area contributed by atoms with Gasteiger partial charge in [0.05, 0.1) is 11.4 Å². The molecule has 3 nitrogen and oxygen atoms in total. The van der Waals surface area contributed by atoms with E-state index >= 15 is 0 Å². The lowest BCUT2D eigenvalue weighted by molar-refractivity contribution is -0.137. The van der Waals surface area contributed by atoms with Crippen LogP contribution in [0.25, 0.3) is 0 Å². The van der Waals surface area contributed by atoms with Crippen LogP contribution in [-0.2, 0) is 11.3 Å². The summed E-state index contributed by atoms with van der Waals surface area (Å²) in [6.07, 6.45) is 0.158. The largest absolute Gasteiger partial charge is 0.481 e. The predicted octanol–water partition coefficient (Wildman–Crippen LogP) is 3.01. The van der Waals surface area contributed by atoms with Gasteiger partial charge in [0.1, 0.15) is 0 Å². The summed E-state index contributed by atoms with van der Waals surface area (Å²) in [6, 6.07) is 5.70. The fourth-order valence-electron chi connectivity index (χ4n) is 1.32. The zero-order chi connectivity index (χ0) is 12.1. The van der Waals surface area contributed by atoms with Crippen LogP contribution in [0.15, 0.2) is 22.7 Å². The molecule has 0 fully saturated rings. The molecule has 1 aromatic rings. The monoisotopic (exact) mass is 305 g/mol. The highest BCUT2D eigenvalue weighted by Crippen LogP contribution is 2.23. The number of rotatable bonds is 5. The number of carboxylic acid groups (broad SMARTS) is 1. The number of carboxylic acids is 1. The summed E-state index contributed by atoms with van der Waals surface area (Å²) < 4.78 is 0.860. The summed E-state index contributed by atoms with van der Waals surface area (Å²) in [6.45, 7) is 1.25. The van der Waals surface area contributed by atoms with Crippen LogP contribution >= 0.6 is 27.5 Å². The highest BCUT2D eigenvalue weighted by molar-refractivity contribution is 9.10. The Bertz CT molecular complexity index is 384. The first-order chi connectivity index (χ1) is 7.49. The Labute approximate surface area is 108 Å². The molecule has 0 spiro atoms. The van der Waals surface area contributed by atoms with Crippen molar-refractivity contribution in [2.45, 2.75) is 13.0 Å². The fourth-order valence-corrected chi connectivity index (χ4v) is 1.86.